The van der Waals surface area contributed by atoms with Crippen LogP contribution in [0.3, 0.4) is 0 Å². The van der Waals surface area contributed by atoms with Gasteiger partial charge in [0, 0.05) is 23.5 Å². The number of nitrogens with zero attached hydrogens (tertiary/aromatic N) is 2. The van der Waals surface area contributed by atoms with Crippen LogP contribution in [0.15, 0.2) is 5.16 Å². The number of hydrogen-bond acceptors (Lipinski definition) is 7. The molecule has 2 aromatic rings. The third-order valence-electron chi connectivity index (χ3n) is 4.36. The van der Waals surface area contributed by atoms with Crippen LogP contribution in [-0.4, -0.2) is 32.4 Å². The lowest BCUT2D eigenvalue weighted by molar-refractivity contribution is -0.137. The Labute approximate surface area is 148 Å². The van der Waals surface area contributed by atoms with Crippen LogP contribution in [0.25, 0.3) is 10.2 Å². The minimum atomic E-state index is -0.781. The number of rotatable bonds is 6. The monoisotopic (exact) mass is 367 g/mol. The van der Waals surface area contributed by atoms with Gasteiger partial charge in [-0.25, -0.2) is 9.97 Å². The van der Waals surface area contributed by atoms with Crippen molar-refractivity contribution in [2.75, 3.05) is 11.5 Å². The van der Waals surface area contributed by atoms with E-state index in [4.69, 9.17) is 15.6 Å². The standard InChI is InChI=1S/C16H21N3O3S2/c1-3-16(2)7-9-10(8-22-16)24-14-12(9)13(17)18-15(19-14)23-6-4-5-11(20)21/h3-8H2,1-2H3,(H,20,21)(H2,17,18,19)/t16-/m0/s1. The predicted octanol–water partition coefficient (Wildman–Crippen LogP) is 3.47. The van der Waals surface area contributed by atoms with E-state index in [0.29, 0.717) is 29.8 Å². The van der Waals surface area contributed by atoms with Gasteiger partial charge in [0.2, 0.25) is 0 Å². The topological polar surface area (TPSA) is 98.3 Å². The van der Waals surface area contributed by atoms with Crippen LogP contribution in [0.5, 0.6) is 0 Å². The number of hydrogen-bond donors (Lipinski definition) is 2. The summed E-state index contributed by atoms with van der Waals surface area (Å²) in [5.41, 5.74) is 7.29. The van der Waals surface area contributed by atoms with Gasteiger partial charge in [0.05, 0.1) is 17.6 Å². The molecule has 3 heterocycles. The van der Waals surface area contributed by atoms with E-state index in [1.54, 1.807) is 11.3 Å². The van der Waals surface area contributed by atoms with Crippen LogP contribution in [0.2, 0.25) is 0 Å². The molecule has 3 N–H and O–H groups in total. The molecule has 0 aromatic carbocycles. The summed E-state index contributed by atoms with van der Waals surface area (Å²) in [6.45, 7) is 4.86. The smallest absolute Gasteiger partial charge is 0.303 e. The van der Waals surface area contributed by atoms with E-state index in [2.05, 4.69) is 23.8 Å². The Morgan fingerprint density at radius 1 is 1.50 bits per heavy atom. The molecule has 1 atom stereocenters. The molecule has 0 amide bonds. The van der Waals surface area contributed by atoms with E-state index in [1.807, 2.05) is 0 Å². The van der Waals surface area contributed by atoms with Gasteiger partial charge in [-0.1, -0.05) is 18.7 Å². The fourth-order valence-electron chi connectivity index (χ4n) is 2.76. The Bertz CT molecular complexity index is 778. The molecule has 0 bridgehead atoms. The number of nitrogen functional groups attached to an aromatic ring is 1. The maximum Gasteiger partial charge on any atom is 0.303 e. The molecule has 0 fully saturated rings. The number of aromatic nitrogens is 2. The summed E-state index contributed by atoms with van der Waals surface area (Å²) in [5.74, 6) is 0.397. The molecule has 8 heteroatoms. The summed E-state index contributed by atoms with van der Waals surface area (Å²) in [6, 6.07) is 0. The number of ether oxygens (including phenoxy) is 1. The van der Waals surface area contributed by atoms with Gasteiger partial charge in [0.1, 0.15) is 10.6 Å². The van der Waals surface area contributed by atoms with E-state index < -0.39 is 5.97 Å². The van der Waals surface area contributed by atoms with Gasteiger partial charge in [-0.2, -0.15) is 0 Å². The number of carboxylic acid groups (broad SMARTS) is 1. The molecule has 0 aliphatic carbocycles. The quantitative estimate of drug-likeness (QED) is 0.458. The van der Waals surface area contributed by atoms with E-state index in [9.17, 15) is 4.79 Å². The molecule has 24 heavy (non-hydrogen) atoms. The first kappa shape index (κ1) is 17.4. The van der Waals surface area contributed by atoms with Crippen molar-refractivity contribution in [1.29, 1.82) is 0 Å². The van der Waals surface area contributed by atoms with Gasteiger partial charge < -0.3 is 15.6 Å². The molecule has 0 spiro atoms. The van der Waals surface area contributed by atoms with Crippen LogP contribution in [0.1, 0.15) is 43.6 Å². The number of fused-ring (bicyclic) bond motifs is 3. The Morgan fingerprint density at radius 3 is 3.00 bits per heavy atom. The summed E-state index contributed by atoms with van der Waals surface area (Å²) in [6.07, 6.45) is 2.52. The number of nitrogens with two attached hydrogens (primary N) is 1. The average molecular weight is 367 g/mol. The fourth-order valence-corrected chi connectivity index (χ4v) is 4.72. The molecule has 6 nitrogen and oxygen atoms in total. The van der Waals surface area contributed by atoms with Crippen molar-refractivity contribution >= 4 is 45.1 Å². The highest BCUT2D eigenvalue weighted by atomic mass is 32.2. The normalized spacial score (nSPS) is 20.2. The maximum atomic E-state index is 10.6. The van der Waals surface area contributed by atoms with Crippen molar-refractivity contribution in [2.45, 2.75) is 56.9 Å². The van der Waals surface area contributed by atoms with E-state index >= 15 is 0 Å². The first-order chi connectivity index (χ1) is 11.4. The van der Waals surface area contributed by atoms with Crippen molar-refractivity contribution in [3.63, 3.8) is 0 Å². The zero-order valence-corrected chi connectivity index (χ0v) is 15.4. The van der Waals surface area contributed by atoms with Gasteiger partial charge in [-0.05, 0) is 25.3 Å². The lowest BCUT2D eigenvalue weighted by Gasteiger charge is -2.33. The van der Waals surface area contributed by atoms with Crippen LogP contribution in [0.4, 0.5) is 5.82 Å². The third kappa shape index (κ3) is 3.50. The average Bonchev–Trinajstić information content (AvgIpc) is 2.89. The highest BCUT2D eigenvalue weighted by Gasteiger charge is 2.32. The van der Waals surface area contributed by atoms with Crippen LogP contribution in [0, 0.1) is 0 Å². The van der Waals surface area contributed by atoms with Gasteiger partial charge >= 0.3 is 5.97 Å². The molecular weight excluding hydrogens is 346 g/mol. The van der Waals surface area contributed by atoms with Crippen LogP contribution >= 0.6 is 23.1 Å². The number of anilines is 1. The summed E-state index contributed by atoms with van der Waals surface area (Å²) >= 11 is 3.07. The number of thiophene rings is 1. The lowest BCUT2D eigenvalue weighted by atomic mass is 9.90. The van der Waals surface area contributed by atoms with E-state index in [0.717, 1.165) is 23.1 Å². The Balaban J connectivity index is 1.84. The second kappa shape index (κ2) is 6.85. The maximum absolute atomic E-state index is 10.6. The van der Waals surface area contributed by atoms with Crippen molar-refractivity contribution < 1.29 is 14.6 Å². The Hall–Kier alpha value is -1.38. The lowest BCUT2D eigenvalue weighted by Crippen LogP contribution is -2.33. The second-order valence-electron chi connectivity index (χ2n) is 6.19. The van der Waals surface area contributed by atoms with Gasteiger partial charge in [0.25, 0.3) is 0 Å². The minimum absolute atomic E-state index is 0.155. The fraction of sp³-hybridized carbons (Fsp3) is 0.562. The second-order valence-corrected chi connectivity index (χ2v) is 8.34. The van der Waals surface area contributed by atoms with E-state index in [-0.39, 0.29) is 12.0 Å². The van der Waals surface area contributed by atoms with Gasteiger partial charge in [-0.3, -0.25) is 4.79 Å². The first-order valence-corrected chi connectivity index (χ1v) is 9.78. The summed E-state index contributed by atoms with van der Waals surface area (Å²) in [4.78, 5) is 21.7. The number of aliphatic carboxylic acids is 1. The molecule has 3 rings (SSSR count). The van der Waals surface area contributed by atoms with Crippen LogP contribution < -0.4 is 5.73 Å². The number of carboxylic acids is 1. The molecule has 2 aromatic heterocycles. The van der Waals surface area contributed by atoms with Crippen molar-refractivity contribution in [3.05, 3.63) is 10.4 Å². The minimum Gasteiger partial charge on any atom is -0.481 e. The molecule has 0 saturated heterocycles. The number of thioether (sulfide) groups is 1. The molecule has 1 aliphatic heterocycles. The zero-order valence-electron chi connectivity index (χ0n) is 13.8. The van der Waals surface area contributed by atoms with E-state index in [1.165, 1.54) is 22.2 Å². The molecule has 0 unspecified atom stereocenters. The molecule has 0 saturated carbocycles. The van der Waals surface area contributed by atoms with Crippen LogP contribution in [-0.2, 0) is 22.6 Å². The van der Waals surface area contributed by atoms with Crippen molar-refractivity contribution in [2.24, 2.45) is 0 Å². The highest BCUT2D eigenvalue weighted by molar-refractivity contribution is 7.99. The Morgan fingerprint density at radius 2 is 2.29 bits per heavy atom. The first-order valence-electron chi connectivity index (χ1n) is 7.98. The molecule has 0 radical (unpaired) electrons. The SMILES string of the molecule is CC[C@@]1(C)Cc2c(sc3nc(SCCCC(=O)O)nc(N)c23)CO1. The Kier molecular flexibility index (Phi) is 4.98. The number of carbonyl (C=O) groups is 1. The molecule has 130 valence electrons. The molecular formula is C16H21N3O3S2. The predicted molar refractivity (Wildman–Crippen MR) is 96.6 cm³/mol. The largest absolute Gasteiger partial charge is 0.481 e. The summed E-state index contributed by atoms with van der Waals surface area (Å²) in [5, 5.41) is 10.3. The van der Waals surface area contributed by atoms with Crippen molar-refractivity contribution in [1.82, 2.24) is 9.97 Å². The summed E-state index contributed by atoms with van der Waals surface area (Å²) in [7, 11) is 0. The van der Waals surface area contributed by atoms with Crippen molar-refractivity contribution in [3.8, 4) is 0 Å². The highest BCUT2D eigenvalue weighted by Crippen LogP contribution is 2.41. The molecule has 1 aliphatic rings. The zero-order chi connectivity index (χ0) is 17.3. The van der Waals surface area contributed by atoms with Gasteiger partial charge in [-0.15, -0.1) is 11.3 Å². The third-order valence-corrected chi connectivity index (χ3v) is 6.39. The summed E-state index contributed by atoms with van der Waals surface area (Å²) < 4.78 is 6.00. The van der Waals surface area contributed by atoms with Gasteiger partial charge in [0.15, 0.2) is 5.16 Å².